The van der Waals surface area contributed by atoms with Crippen LogP contribution in [0.15, 0.2) is 10.6 Å². The smallest absolute Gasteiger partial charge is 0.320 e. The Kier molecular flexibility index (Phi) is 4.93. The maximum atomic E-state index is 12.3. The highest BCUT2D eigenvalue weighted by Crippen LogP contribution is 2.68. The fraction of sp³-hybridized carbons (Fsp3) is 0.800. The van der Waals surface area contributed by atoms with Gasteiger partial charge in [-0.3, -0.25) is 5.32 Å². The molecule has 3 aliphatic rings. The Morgan fingerprint density at radius 2 is 1.96 bits per heavy atom. The maximum Gasteiger partial charge on any atom is 0.320 e. The molecule has 0 radical (unpaired) electrons. The zero-order chi connectivity index (χ0) is 19.0. The minimum absolute atomic E-state index is 0.0199. The van der Waals surface area contributed by atoms with E-state index in [0.29, 0.717) is 12.4 Å². The zero-order valence-corrected chi connectivity index (χ0v) is 16.2. The molecule has 150 valence electrons. The molecule has 27 heavy (non-hydrogen) atoms. The number of nitrogens with zero attached hydrogens (tertiary/aromatic N) is 1. The molecule has 1 saturated heterocycles. The molecular weight excluding hydrogens is 346 g/mol. The van der Waals surface area contributed by atoms with Crippen LogP contribution >= 0.6 is 0 Å². The Bertz CT molecular complexity index is 677. The number of aliphatic hydroxyl groups is 1. The van der Waals surface area contributed by atoms with Gasteiger partial charge in [-0.25, -0.2) is 4.79 Å². The van der Waals surface area contributed by atoms with E-state index in [-0.39, 0.29) is 28.9 Å². The standard InChI is InChI=1S/C20H31N3O4/c1-18(5-3-2-4-6-18)15-11-16(23-27-15)22-17(25)21-13-20(14-24)12-19(20)7-9-26-10-8-19/h11,24H,2-10,12-14H2,1H3,(H2,21,22,23,25). The van der Waals surface area contributed by atoms with E-state index in [1.807, 2.05) is 6.07 Å². The SMILES string of the molecule is CC1(c2cc(NC(=O)NCC3(CO)CC34CCOCC4)no2)CCCCC1. The van der Waals surface area contributed by atoms with Crippen molar-refractivity contribution in [2.75, 3.05) is 31.7 Å². The van der Waals surface area contributed by atoms with Crippen LogP contribution in [0.1, 0.15) is 64.1 Å². The first-order chi connectivity index (χ1) is 13.0. The van der Waals surface area contributed by atoms with Gasteiger partial charge in [-0.2, -0.15) is 0 Å². The second-order valence-electron chi connectivity index (χ2n) is 9.01. The largest absolute Gasteiger partial charge is 0.396 e. The Hall–Kier alpha value is -1.60. The van der Waals surface area contributed by atoms with Crippen molar-refractivity contribution in [1.29, 1.82) is 0 Å². The predicted molar refractivity (Wildman–Crippen MR) is 101 cm³/mol. The average Bonchev–Trinajstić information content (AvgIpc) is 3.02. The zero-order valence-electron chi connectivity index (χ0n) is 16.2. The molecule has 0 aromatic carbocycles. The summed E-state index contributed by atoms with van der Waals surface area (Å²) in [4.78, 5) is 12.3. The van der Waals surface area contributed by atoms with Gasteiger partial charge in [0.2, 0.25) is 0 Å². The molecule has 7 heteroatoms. The van der Waals surface area contributed by atoms with Crippen molar-refractivity contribution in [3.8, 4) is 0 Å². The molecule has 2 heterocycles. The first-order valence-electron chi connectivity index (χ1n) is 10.2. The molecule has 2 saturated carbocycles. The second kappa shape index (κ2) is 7.09. The summed E-state index contributed by atoms with van der Waals surface area (Å²) in [5, 5.41) is 19.6. The summed E-state index contributed by atoms with van der Waals surface area (Å²) in [6.45, 7) is 4.27. The normalized spacial score (nSPS) is 28.7. The molecular formula is C20H31N3O4. The number of aromatic nitrogens is 1. The third-order valence-corrected chi connectivity index (χ3v) is 7.32. The van der Waals surface area contributed by atoms with E-state index in [2.05, 4.69) is 22.7 Å². The monoisotopic (exact) mass is 377 g/mol. The molecule has 1 aromatic rings. The van der Waals surface area contributed by atoms with Gasteiger partial charge in [0.1, 0.15) is 5.76 Å². The number of rotatable bonds is 5. The lowest BCUT2D eigenvalue weighted by atomic mass is 9.74. The second-order valence-corrected chi connectivity index (χ2v) is 9.01. The molecule has 0 bridgehead atoms. The molecule has 1 spiro atoms. The van der Waals surface area contributed by atoms with E-state index in [9.17, 15) is 9.90 Å². The summed E-state index contributed by atoms with van der Waals surface area (Å²) in [5.41, 5.74) is -0.0609. The highest BCUT2D eigenvalue weighted by atomic mass is 16.5. The summed E-state index contributed by atoms with van der Waals surface area (Å²) in [6.07, 6.45) is 8.75. The molecule has 1 atom stereocenters. The molecule has 7 nitrogen and oxygen atoms in total. The number of carbonyl (C=O) groups is 1. The van der Waals surface area contributed by atoms with Gasteiger partial charge in [0.25, 0.3) is 0 Å². The quantitative estimate of drug-likeness (QED) is 0.732. The van der Waals surface area contributed by atoms with Crippen LogP contribution in [0.4, 0.5) is 10.6 Å². The van der Waals surface area contributed by atoms with Crippen molar-refractivity contribution in [3.05, 3.63) is 11.8 Å². The minimum Gasteiger partial charge on any atom is -0.396 e. The maximum absolute atomic E-state index is 12.3. The molecule has 2 amide bonds. The average molecular weight is 377 g/mol. The summed E-state index contributed by atoms with van der Waals surface area (Å²) in [7, 11) is 0. The van der Waals surface area contributed by atoms with Crippen molar-refractivity contribution < 1.29 is 19.2 Å². The van der Waals surface area contributed by atoms with Crippen LogP contribution in [-0.4, -0.2) is 42.7 Å². The fourth-order valence-corrected chi connectivity index (χ4v) is 5.21. The van der Waals surface area contributed by atoms with Gasteiger partial charge in [0.05, 0.1) is 6.61 Å². The lowest BCUT2D eigenvalue weighted by Crippen LogP contribution is -2.38. The van der Waals surface area contributed by atoms with Crippen LogP contribution in [0.3, 0.4) is 0 Å². The third kappa shape index (κ3) is 3.47. The molecule has 1 aliphatic heterocycles. The highest BCUT2D eigenvalue weighted by molar-refractivity contribution is 5.88. The summed E-state index contributed by atoms with van der Waals surface area (Å²) in [6, 6.07) is 1.55. The van der Waals surface area contributed by atoms with Crippen molar-refractivity contribution in [2.45, 2.75) is 63.7 Å². The number of anilines is 1. The summed E-state index contributed by atoms with van der Waals surface area (Å²) < 4.78 is 11.0. The Morgan fingerprint density at radius 3 is 2.67 bits per heavy atom. The highest BCUT2D eigenvalue weighted by Gasteiger charge is 2.66. The van der Waals surface area contributed by atoms with Gasteiger partial charge in [-0.05, 0) is 37.5 Å². The van der Waals surface area contributed by atoms with Crippen LogP contribution in [0.25, 0.3) is 0 Å². The lowest BCUT2D eigenvalue weighted by Gasteiger charge is -2.30. The van der Waals surface area contributed by atoms with Gasteiger partial charge in [0.15, 0.2) is 5.82 Å². The van der Waals surface area contributed by atoms with Crippen molar-refractivity contribution >= 4 is 11.8 Å². The number of carbonyl (C=O) groups excluding carboxylic acids is 1. The number of urea groups is 1. The number of nitrogens with one attached hydrogen (secondary N) is 2. The number of aliphatic hydroxyl groups excluding tert-OH is 1. The number of ether oxygens (including phenoxy) is 1. The Morgan fingerprint density at radius 1 is 1.22 bits per heavy atom. The topological polar surface area (TPSA) is 96.6 Å². The molecule has 3 N–H and O–H groups in total. The Labute approximate surface area is 160 Å². The van der Waals surface area contributed by atoms with Crippen molar-refractivity contribution in [1.82, 2.24) is 10.5 Å². The fourth-order valence-electron chi connectivity index (χ4n) is 5.21. The van der Waals surface area contributed by atoms with Gasteiger partial charge in [0, 0.05) is 36.7 Å². The number of amides is 2. The van der Waals surface area contributed by atoms with Gasteiger partial charge < -0.3 is 19.7 Å². The van der Waals surface area contributed by atoms with Crippen LogP contribution in [0, 0.1) is 10.8 Å². The molecule has 3 fully saturated rings. The first kappa shape index (κ1) is 18.7. The number of hydrogen-bond donors (Lipinski definition) is 3. The van der Waals surface area contributed by atoms with E-state index in [1.54, 1.807) is 0 Å². The molecule has 2 aliphatic carbocycles. The van der Waals surface area contributed by atoms with Gasteiger partial charge in [-0.1, -0.05) is 31.3 Å². The molecule has 4 rings (SSSR count). The van der Waals surface area contributed by atoms with E-state index in [0.717, 1.165) is 51.1 Å². The van der Waals surface area contributed by atoms with E-state index < -0.39 is 0 Å². The molecule has 1 unspecified atom stereocenters. The van der Waals surface area contributed by atoms with Crippen LogP contribution < -0.4 is 10.6 Å². The lowest BCUT2D eigenvalue weighted by molar-refractivity contribution is 0.0314. The van der Waals surface area contributed by atoms with E-state index >= 15 is 0 Å². The van der Waals surface area contributed by atoms with Crippen LogP contribution in [-0.2, 0) is 10.2 Å². The predicted octanol–water partition coefficient (Wildman–Crippen LogP) is 3.20. The third-order valence-electron chi connectivity index (χ3n) is 7.32. The number of hydrogen-bond acceptors (Lipinski definition) is 5. The van der Waals surface area contributed by atoms with Gasteiger partial charge in [-0.15, -0.1) is 0 Å². The first-order valence-corrected chi connectivity index (χ1v) is 10.2. The minimum atomic E-state index is -0.300. The summed E-state index contributed by atoms with van der Waals surface area (Å²) in [5.74, 6) is 1.30. The van der Waals surface area contributed by atoms with Crippen LogP contribution in [0.5, 0.6) is 0 Å². The van der Waals surface area contributed by atoms with E-state index in [4.69, 9.17) is 9.26 Å². The summed E-state index contributed by atoms with van der Waals surface area (Å²) >= 11 is 0. The van der Waals surface area contributed by atoms with Crippen molar-refractivity contribution in [3.63, 3.8) is 0 Å². The molecule has 1 aromatic heterocycles. The van der Waals surface area contributed by atoms with Crippen LogP contribution in [0.2, 0.25) is 0 Å². The van der Waals surface area contributed by atoms with E-state index in [1.165, 1.54) is 19.3 Å². The Balaban J connectivity index is 1.31. The van der Waals surface area contributed by atoms with Crippen molar-refractivity contribution in [2.24, 2.45) is 10.8 Å². The van der Waals surface area contributed by atoms with Gasteiger partial charge >= 0.3 is 6.03 Å².